The zero-order valence-corrected chi connectivity index (χ0v) is 16.8. The second-order valence-electron chi connectivity index (χ2n) is 6.73. The lowest BCUT2D eigenvalue weighted by atomic mass is 9.99. The van der Waals surface area contributed by atoms with Crippen LogP contribution in [-0.4, -0.2) is 31.3 Å². The van der Waals surface area contributed by atoms with Gasteiger partial charge in [-0.15, -0.1) is 0 Å². The Kier molecular flexibility index (Phi) is 6.08. The van der Waals surface area contributed by atoms with Crippen molar-refractivity contribution in [3.8, 4) is 5.88 Å². The minimum absolute atomic E-state index is 0.0806. The number of nitrogens with one attached hydrogen (secondary N) is 1. The van der Waals surface area contributed by atoms with Crippen molar-refractivity contribution in [2.24, 2.45) is 5.10 Å². The molecule has 0 radical (unpaired) electrons. The number of hydrogen-bond donors (Lipinski definition) is 2. The monoisotopic (exact) mass is 400 g/mol. The summed E-state index contributed by atoms with van der Waals surface area (Å²) in [5.41, 5.74) is 0.899. The van der Waals surface area contributed by atoms with E-state index in [1.165, 1.54) is 9.58 Å². The van der Waals surface area contributed by atoms with Gasteiger partial charge in [-0.25, -0.2) is 5.01 Å². The quantitative estimate of drug-likeness (QED) is 0.726. The maximum Gasteiger partial charge on any atom is 0.264 e. The summed E-state index contributed by atoms with van der Waals surface area (Å²) in [4.78, 5) is 27.7. The summed E-state index contributed by atoms with van der Waals surface area (Å²) >= 11 is 5.20. The molecule has 1 aliphatic heterocycles. The lowest BCUT2D eigenvalue weighted by Gasteiger charge is -2.21. The van der Waals surface area contributed by atoms with Crippen LogP contribution in [0.2, 0.25) is 0 Å². The zero-order chi connectivity index (χ0) is 20.3. The van der Waals surface area contributed by atoms with Crippen LogP contribution in [-0.2, 0) is 11.3 Å². The van der Waals surface area contributed by atoms with Crippen LogP contribution in [0, 0.1) is 4.77 Å². The van der Waals surface area contributed by atoms with Gasteiger partial charge in [-0.1, -0.05) is 50.6 Å². The fraction of sp³-hybridized carbons (Fsp3) is 0.400. The minimum atomic E-state index is -0.494. The Bertz CT molecular complexity index is 1010. The highest BCUT2D eigenvalue weighted by atomic mass is 32.1. The van der Waals surface area contributed by atoms with Crippen molar-refractivity contribution in [1.29, 1.82) is 0 Å². The molecule has 1 aromatic carbocycles. The van der Waals surface area contributed by atoms with Crippen molar-refractivity contribution in [1.82, 2.24) is 14.6 Å². The molecule has 2 N–H and O–H groups in total. The standard InChI is InChI=1S/C20H24N4O3S/c1-3-5-11-23-19(27)17(18(26)21-20(23)28)14-12-15(13-9-7-6-8-10-13)24(22-14)16(25)4-2/h6-10,15,27H,3-5,11-12H2,1-2H3,(H,21,26,28). The minimum Gasteiger partial charge on any atom is -0.494 e. The van der Waals surface area contributed by atoms with Crippen molar-refractivity contribution >= 4 is 23.8 Å². The number of aromatic nitrogens is 2. The molecule has 7 nitrogen and oxygen atoms in total. The van der Waals surface area contributed by atoms with Crippen LogP contribution < -0.4 is 5.56 Å². The molecule has 0 spiro atoms. The predicted octanol–water partition coefficient (Wildman–Crippen LogP) is 3.50. The van der Waals surface area contributed by atoms with Crippen molar-refractivity contribution < 1.29 is 9.90 Å². The van der Waals surface area contributed by atoms with E-state index in [-0.39, 0.29) is 28.2 Å². The first-order valence-corrected chi connectivity index (χ1v) is 9.89. The van der Waals surface area contributed by atoms with E-state index in [1.54, 1.807) is 6.92 Å². The number of aromatic amines is 1. The predicted molar refractivity (Wildman–Crippen MR) is 110 cm³/mol. The Labute approximate surface area is 168 Å². The van der Waals surface area contributed by atoms with Gasteiger partial charge in [-0.05, 0) is 24.2 Å². The van der Waals surface area contributed by atoms with Crippen LogP contribution in [0.5, 0.6) is 5.88 Å². The van der Waals surface area contributed by atoms with Gasteiger partial charge in [-0.2, -0.15) is 5.10 Å². The summed E-state index contributed by atoms with van der Waals surface area (Å²) in [5.74, 6) is -0.336. The van der Waals surface area contributed by atoms with Gasteiger partial charge >= 0.3 is 0 Å². The SMILES string of the molecule is CCCCn1c(O)c(C2=NN(C(=O)CC)C(c3ccccc3)C2)c(=O)[nH]c1=S. The highest BCUT2D eigenvalue weighted by Crippen LogP contribution is 2.34. The molecule has 1 atom stereocenters. The van der Waals surface area contributed by atoms with E-state index in [0.717, 1.165) is 18.4 Å². The highest BCUT2D eigenvalue weighted by Gasteiger charge is 2.34. The largest absolute Gasteiger partial charge is 0.494 e. The molecule has 28 heavy (non-hydrogen) atoms. The van der Waals surface area contributed by atoms with Gasteiger partial charge in [0.1, 0.15) is 5.56 Å². The fourth-order valence-electron chi connectivity index (χ4n) is 3.33. The summed E-state index contributed by atoms with van der Waals surface area (Å²) in [6, 6.07) is 9.25. The summed E-state index contributed by atoms with van der Waals surface area (Å²) in [7, 11) is 0. The molecule has 1 unspecified atom stereocenters. The van der Waals surface area contributed by atoms with Gasteiger partial charge < -0.3 is 5.11 Å². The number of hydrazone groups is 1. The molecule has 1 amide bonds. The number of amides is 1. The molecule has 0 aliphatic carbocycles. The summed E-state index contributed by atoms with van der Waals surface area (Å²) in [6.45, 7) is 4.30. The molecule has 2 heterocycles. The number of rotatable bonds is 6. The molecule has 8 heteroatoms. The second kappa shape index (κ2) is 8.52. The number of carbonyl (C=O) groups excluding carboxylic acids is 1. The van der Waals surface area contributed by atoms with Gasteiger partial charge in [-0.3, -0.25) is 19.1 Å². The first kappa shape index (κ1) is 20.0. The van der Waals surface area contributed by atoms with Crippen molar-refractivity contribution in [3.63, 3.8) is 0 Å². The van der Waals surface area contributed by atoms with Crippen LogP contribution in [0.25, 0.3) is 0 Å². The van der Waals surface area contributed by atoms with Gasteiger partial charge in [0, 0.05) is 19.4 Å². The Morgan fingerprint density at radius 1 is 1.32 bits per heavy atom. The maximum atomic E-state index is 12.6. The van der Waals surface area contributed by atoms with E-state index in [9.17, 15) is 14.7 Å². The number of benzene rings is 1. The Morgan fingerprint density at radius 3 is 2.68 bits per heavy atom. The Morgan fingerprint density at radius 2 is 2.04 bits per heavy atom. The normalized spacial score (nSPS) is 16.3. The maximum absolute atomic E-state index is 12.6. The zero-order valence-electron chi connectivity index (χ0n) is 16.0. The van der Waals surface area contributed by atoms with Crippen LogP contribution in [0.4, 0.5) is 0 Å². The summed E-state index contributed by atoms with van der Waals surface area (Å²) in [6.07, 6.45) is 2.37. The molecule has 1 aromatic heterocycles. The molecule has 0 fully saturated rings. The number of aromatic hydroxyl groups is 1. The van der Waals surface area contributed by atoms with E-state index in [1.807, 2.05) is 37.3 Å². The van der Waals surface area contributed by atoms with Gasteiger partial charge in [0.05, 0.1) is 11.8 Å². The first-order valence-electron chi connectivity index (χ1n) is 9.48. The number of carbonyl (C=O) groups is 1. The lowest BCUT2D eigenvalue weighted by molar-refractivity contribution is -0.132. The fourth-order valence-corrected chi connectivity index (χ4v) is 3.60. The molecule has 2 aromatic rings. The lowest BCUT2D eigenvalue weighted by Crippen LogP contribution is -2.26. The van der Waals surface area contributed by atoms with Crippen molar-refractivity contribution in [2.45, 2.75) is 52.1 Å². The third-order valence-corrected chi connectivity index (χ3v) is 5.17. The molecular formula is C20H24N4O3S. The van der Waals surface area contributed by atoms with E-state index < -0.39 is 5.56 Å². The van der Waals surface area contributed by atoms with Crippen molar-refractivity contribution in [3.05, 3.63) is 56.6 Å². The first-order chi connectivity index (χ1) is 13.5. The van der Waals surface area contributed by atoms with E-state index >= 15 is 0 Å². The van der Waals surface area contributed by atoms with Crippen LogP contribution in [0.3, 0.4) is 0 Å². The Hall–Kier alpha value is -2.74. The van der Waals surface area contributed by atoms with E-state index in [2.05, 4.69) is 10.1 Å². The molecule has 0 saturated heterocycles. The molecule has 0 bridgehead atoms. The number of H-pyrrole nitrogens is 1. The molecular weight excluding hydrogens is 376 g/mol. The average molecular weight is 401 g/mol. The van der Waals surface area contributed by atoms with Crippen molar-refractivity contribution in [2.75, 3.05) is 0 Å². The molecule has 3 rings (SSSR count). The molecule has 0 saturated carbocycles. The average Bonchev–Trinajstić information content (AvgIpc) is 3.12. The Balaban J connectivity index is 2.07. The summed E-state index contributed by atoms with van der Waals surface area (Å²) < 4.78 is 1.69. The van der Waals surface area contributed by atoms with Crippen LogP contribution >= 0.6 is 12.2 Å². The molecule has 148 valence electrons. The molecule has 1 aliphatic rings. The third kappa shape index (κ3) is 3.77. The van der Waals surface area contributed by atoms with E-state index in [4.69, 9.17) is 12.2 Å². The smallest absolute Gasteiger partial charge is 0.264 e. The van der Waals surface area contributed by atoms with E-state index in [0.29, 0.717) is 25.1 Å². The second-order valence-corrected chi connectivity index (χ2v) is 7.12. The van der Waals surface area contributed by atoms with Crippen LogP contribution in [0.1, 0.15) is 56.7 Å². The van der Waals surface area contributed by atoms with Gasteiger partial charge in [0.2, 0.25) is 11.8 Å². The number of nitrogens with zero attached hydrogens (tertiary/aromatic N) is 3. The number of hydrogen-bond acceptors (Lipinski definition) is 5. The highest BCUT2D eigenvalue weighted by molar-refractivity contribution is 7.71. The van der Waals surface area contributed by atoms with Crippen LogP contribution in [0.15, 0.2) is 40.2 Å². The topological polar surface area (TPSA) is 90.7 Å². The summed E-state index contributed by atoms with van der Waals surface area (Å²) in [5, 5.41) is 16.6. The van der Waals surface area contributed by atoms with Gasteiger partial charge in [0.15, 0.2) is 4.77 Å². The number of unbranched alkanes of at least 4 members (excludes halogenated alkanes) is 1. The van der Waals surface area contributed by atoms with Gasteiger partial charge in [0.25, 0.3) is 5.56 Å². The third-order valence-electron chi connectivity index (χ3n) is 4.85.